The minimum atomic E-state index is -0.547. The molecule has 3 aromatic rings. The molecule has 5 rings (SSSR count). The number of fused-ring (bicyclic) bond motifs is 1. The van der Waals surface area contributed by atoms with Gasteiger partial charge in [-0.15, -0.1) is 0 Å². The molecule has 0 saturated carbocycles. The molecule has 202 valence electrons. The second-order valence-electron chi connectivity index (χ2n) is 10.0. The van der Waals surface area contributed by atoms with E-state index >= 15 is 0 Å². The quantitative estimate of drug-likeness (QED) is 0.383. The Morgan fingerprint density at radius 2 is 2.05 bits per heavy atom. The number of benzene rings is 2. The van der Waals surface area contributed by atoms with E-state index in [1.165, 1.54) is 18.5 Å². The zero-order valence-corrected chi connectivity index (χ0v) is 22.1. The highest BCUT2D eigenvalue weighted by molar-refractivity contribution is 6.31. The molecule has 2 aliphatic rings. The molecule has 0 radical (unpaired) electrons. The van der Waals surface area contributed by atoms with Crippen LogP contribution in [0.4, 0.5) is 15.9 Å². The minimum Gasteiger partial charge on any atom is -0.488 e. The molecule has 1 aromatic heterocycles. The smallest absolute Gasteiger partial charge is 0.320 e. The van der Waals surface area contributed by atoms with Crippen LogP contribution < -0.4 is 14.8 Å². The number of hydrogen-bond donors (Lipinski definition) is 1. The van der Waals surface area contributed by atoms with Crippen molar-refractivity contribution in [3.8, 4) is 11.5 Å². The lowest BCUT2D eigenvalue weighted by Gasteiger charge is -2.37. The van der Waals surface area contributed by atoms with Crippen LogP contribution in [0.15, 0.2) is 36.7 Å². The molecule has 11 heteroatoms. The Labute approximate surface area is 225 Å². The Morgan fingerprint density at radius 3 is 2.82 bits per heavy atom. The van der Waals surface area contributed by atoms with Crippen LogP contribution in [-0.4, -0.2) is 72.0 Å². The van der Waals surface area contributed by atoms with Crippen molar-refractivity contribution in [3.05, 3.63) is 47.5 Å². The van der Waals surface area contributed by atoms with Crippen LogP contribution in [-0.2, 0) is 14.3 Å². The van der Waals surface area contributed by atoms with Crippen LogP contribution >= 0.6 is 11.6 Å². The summed E-state index contributed by atoms with van der Waals surface area (Å²) in [6.45, 7) is 6.61. The van der Waals surface area contributed by atoms with Gasteiger partial charge in [-0.1, -0.05) is 11.6 Å². The van der Waals surface area contributed by atoms with Crippen molar-refractivity contribution in [1.82, 2.24) is 14.9 Å². The van der Waals surface area contributed by atoms with Gasteiger partial charge in [-0.05, 0) is 51.0 Å². The lowest BCUT2D eigenvalue weighted by Crippen LogP contribution is -2.51. The zero-order chi connectivity index (χ0) is 26.7. The Bertz CT molecular complexity index is 1320. The molecule has 2 aromatic carbocycles. The summed E-state index contributed by atoms with van der Waals surface area (Å²) in [4.78, 5) is 22.8. The molecule has 0 spiro atoms. The summed E-state index contributed by atoms with van der Waals surface area (Å²) >= 11 is 5.95. The van der Waals surface area contributed by atoms with Crippen LogP contribution in [0.3, 0.4) is 0 Å². The van der Waals surface area contributed by atoms with Gasteiger partial charge >= 0.3 is 5.97 Å². The van der Waals surface area contributed by atoms with Crippen LogP contribution in [0, 0.1) is 5.82 Å². The van der Waals surface area contributed by atoms with Gasteiger partial charge in [-0.3, -0.25) is 9.69 Å². The summed E-state index contributed by atoms with van der Waals surface area (Å²) in [5.74, 6) is 0.819. The van der Waals surface area contributed by atoms with Crippen LogP contribution in [0.5, 0.6) is 11.5 Å². The zero-order valence-electron chi connectivity index (χ0n) is 21.3. The molecule has 0 aliphatic carbocycles. The monoisotopic (exact) mass is 544 g/mol. The fraction of sp³-hybridized carbons (Fsp3) is 0.444. The number of aromatic nitrogens is 2. The van der Waals surface area contributed by atoms with E-state index < -0.39 is 11.4 Å². The SMILES string of the molecule is CC1(C)CN(CCOc2cc3c(Nc4ccc(F)c(Cl)c4)ncnc3cc2OCC2CCCO2)CC(=O)O1. The number of carbonyl (C=O) groups is 1. The van der Waals surface area contributed by atoms with Gasteiger partial charge in [0.15, 0.2) is 11.5 Å². The lowest BCUT2D eigenvalue weighted by molar-refractivity contribution is -0.169. The maximum absolute atomic E-state index is 13.6. The largest absolute Gasteiger partial charge is 0.488 e. The highest BCUT2D eigenvalue weighted by Crippen LogP contribution is 2.36. The molecule has 1 unspecified atom stereocenters. The molecule has 2 aliphatic heterocycles. The number of ether oxygens (including phenoxy) is 4. The van der Waals surface area contributed by atoms with Gasteiger partial charge in [0.1, 0.15) is 36.8 Å². The molecule has 2 fully saturated rings. The van der Waals surface area contributed by atoms with Gasteiger partial charge < -0.3 is 24.3 Å². The molecule has 0 amide bonds. The average molecular weight is 545 g/mol. The first-order chi connectivity index (χ1) is 18.3. The third-order valence-corrected chi connectivity index (χ3v) is 6.63. The van der Waals surface area contributed by atoms with E-state index in [4.69, 9.17) is 30.5 Å². The predicted molar refractivity (Wildman–Crippen MR) is 141 cm³/mol. The molecule has 9 nitrogen and oxygen atoms in total. The molecular weight excluding hydrogens is 515 g/mol. The van der Waals surface area contributed by atoms with Gasteiger partial charge in [-0.25, -0.2) is 14.4 Å². The molecule has 2 saturated heterocycles. The number of anilines is 2. The number of cyclic esters (lactones) is 1. The third kappa shape index (κ3) is 6.43. The first-order valence-corrected chi connectivity index (χ1v) is 13.0. The van der Waals surface area contributed by atoms with Crippen molar-refractivity contribution in [2.45, 2.75) is 38.4 Å². The number of nitrogens with one attached hydrogen (secondary N) is 1. The van der Waals surface area contributed by atoms with Crippen molar-refractivity contribution < 1.29 is 28.1 Å². The summed E-state index contributed by atoms with van der Waals surface area (Å²) < 4.78 is 37.1. The van der Waals surface area contributed by atoms with E-state index in [9.17, 15) is 9.18 Å². The molecule has 38 heavy (non-hydrogen) atoms. The topological polar surface area (TPSA) is 95.0 Å². The highest BCUT2D eigenvalue weighted by atomic mass is 35.5. The van der Waals surface area contributed by atoms with Crippen molar-refractivity contribution in [3.63, 3.8) is 0 Å². The first kappa shape index (κ1) is 26.4. The van der Waals surface area contributed by atoms with Gasteiger partial charge in [-0.2, -0.15) is 0 Å². The van der Waals surface area contributed by atoms with Crippen LogP contribution in [0.2, 0.25) is 5.02 Å². The normalized spacial score (nSPS) is 19.4. The first-order valence-electron chi connectivity index (χ1n) is 12.6. The lowest BCUT2D eigenvalue weighted by atomic mass is 10.1. The van der Waals surface area contributed by atoms with Crippen molar-refractivity contribution in [2.24, 2.45) is 0 Å². The molecular formula is C27H30ClFN4O5. The number of halogens is 2. The predicted octanol–water partition coefficient (Wildman–Crippen LogP) is 4.74. The van der Waals surface area contributed by atoms with Crippen molar-refractivity contribution >= 4 is 40.0 Å². The van der Waals surface area contributed by atoms with E-state index in [1.807, 2.05) is 30.9 Å². The highest BCUT2D eigenvalue weighted by Gasteiger charge is 2.32. The van der Waals surface area contributed by atoms with Crippen LogP contribution in [0.1, 0.15) is 26.7 Å². The summed E-state index contributed by atoms with van der Waals surface area (Å²) in [5.41, 5.74) is 0.678. The average Bonchev–Trinajstić information content (AvgIpc) is 3.38. The third-order valence-electron chi connectivity index (χ3n) is 6.34. The Balaban J connectivity index is 1.38. The Hall–Kier alpha value is -3.21. The fourth-order valence-corrected chi connectivity index (χ4v) is 4.83. The maximum atomic E-state index is 13.6. The van der Waals surface area contributed by atoms with Crippen molar-refractivity contribution in [2.75, 3.05) is 44.8 Å². The van der Waals surface area contributed by atoms with Crippen LogP contribution in [0.25, 0.3) is 10.9 Å². The second kappa shape index (κ2) is 11.3. The van der Waals surface area contributed by atoms with E-state index in [-0.39, 0.29) is 23.6 Å². The summed E-state index contributed by atoms with van der Waals surface area (Å²) in [7, 11) is 0. The number of carbonyl (C=O) groups excluding carboxylic acids is 1. The number of esters is 1. The number of hydrogen-bond acceptors (Lipinski definition) is 9. The maximum Gasteiger partial charge on any atom is 0.320 e. The number of morpholine rings is 1. The van der Waals surface area contributed by atoms with Gasteiger partial charge in [0.2, 0.25) is 0 Å². The minimum absolute atomic E-state index is 0.00646. The van der Waals surface area contributed by atoms with Gasteiger partial charge in [0, 0.05) is 36.8 Å². The summed E-state index contributed by atoms with van der Waals surface area (Å²) in [6, 6.07) is 7.99. The molecule has 3 heterocycles. The summed E-state index contributed by atoms with van der Waals surface area (Å²) in [6.07, 6.45) is 3.43. The molecule has 1 atom stereocenters. The number of nitrogens with zero attached hydrogens (tertiary/aromatic N) is 3. The molecule has 1 N–H and O–H groups in total. The summed E-state index contributed by atoms with van der Waals surface area (Å²) in [5, 5.41) is 3.88. The second-order valence-corrected chi connectivity index (χ2v) is 10.4. The number of rotatable bonds is 9. The van der Waals surface area contributed by atoms with E-state index in [2.05, 4.69) is 15.3 Å². The van der Waals surface area contributed by atoms with Crippen molar-refractivity contribution in [1.29, 1.82) is 0 Å². The van der Waals surface area contributed by atoms with Gasteiger partial charge in [0.25, 0.3) is 0 Å². The standard InChI is InChI=1S/C27H30ClFN4O5/c1-27(2)15-33(13-25(34)38-27)7-9-36-23-11-19-22(12-24(23)37-14-18-4-3-8-35-18)30-16-31-26(19)32-17-5-6-21(29)20(28)10-17/h5-6,10-12,16,18H,3-4,7-9,13-15H2,1-2H3,(H,30,31,32). The van der Waals surface area contributed by atoms with Gasteiger partial charge in [0.05, 0.1) is 23.2 Å². The fourth-order valence-electron chi connectivity index (χ4n) is 4.65. The van der Waals surface area contributed by atoms with E-state index in [0.29, 0.717) is 60.2 Å². The molecule has 0 bridgehead atoms. The van der Waals surface area contributed by atoms with E-state index in [1.54, 1.807) is 6.07 Å². The Morgan fingerprint density at radius 1 is 1.21 bits per heavy atom. The Kier molecular flexibility index (Phi) is 7.83. The van der Waals surface area contributed by atoms with E-state index in [0.717, 1.165) is 19.4 Å².